The maximum Gasteiger partial charge on any atom is 0.0531 e. The molecule has 0 unspecified atom stereocenters. The average molecular weight is 241 g/mol. The van der Waals surface area contributed by atoms with Crippen molar-refractivity contribution < 1.29 is 0 Å². The summed E-state index contributed by atoms with van der Waals surface area (Å²) >= 11 is 0. The van der Waals surface area contributed by atoms with Crippen LogP contribution in [0.25, 0.3) is 21.8 Å². The highest BCUT2D eigenvalue weighted by molar-refractivity contribution is 6.19. The van der Waals surface area contributed by atoms with Crippen molar-refractivity contribution >= 4 is 44.6 Å². The van der Waals surface area contributed by atoms with E-state index in [0.717, 1.165) is 21.8 Å². The number of benzene rings is 2. The largest absolute Gasteiger partial charge is 0.399 e. The van der Waals surface area contributed by atoms with E-state index in [1.165, 1.54) is 0 Å². The summed E-state index contributed by atoms with van der Waals surface area (Å²) in [7, 11) is 1.95. The monoisotopic (exact) mass is 241 g/mol. The maximum absolute atomic E-state index is 6.06. The van der Waals surface area contributed by atoms with E-state index in [1.54, 1.807) is 12.1 Å². The van der Waals surface area contributed by atoms with Crippen molar-refractivity contribution in [3.05, 3.63) is 24.3 Å². The van der Waals surface area contributed by atoms with Gasteiger partial charge in [-0.1, -0.05) is 0 Å². The van der Waals surface area contributed by atoms with Gasteiger partial charge in [-0.25, -0.2) is 0 Å². The first-order chi connectivity index (χ1) is 8.49. The lowest BCUT2D eigenvalue weighted by Gasteiger charge is -2.02. The first kappa shape index (κ1) is 10.6. The van der Waals surface area contributed by atoms with Crippen LogP contribution in [0.3, 0.4) is 0 Å². The summed E-state index contributed by atoms with van der Waals surface area (Å²) in [6, 6.07) is 7.28. The molecule has 3 rings (SSSR count). The molecule has 18 heavy (non-hydrogen) atoms. The number of fused-ring (bicyclic) bond motifs is 3. The van der Waals surface area contributed by atoms with Crippen molar-refractivity contribution in [2.75, 3.05) is 22.9 Å². The molecule has 0 aliphatic heterocycles. The molecule has 1 aromatic heterocycles. The van der Waals surface area contributed by atoms with Crippen LogP contribution in [0.1, 0.15) is 0 Å². The van der Waals surface area contributed by atoms with Crippen molar-refractivity contribution in [1.29, 1.82) is 0 Å². The summed E-state index contributed by atoms with van der Waals surface area (Å²) in [5.74, 6) is 0. The Bertz CT molecular complexity index is 720. The number of nitrogens with two attached hydrogens (primary N) is 4. The van der Waals surface area contributed by atoms with Gasteiger partial charge in [-0.05, 0) is 24.3 Å². The van der Waals surface area contributed by atoms with E-state index >= 15 is 0 Å². The Labute approximate surface area is 104 Å². The van der Waals surface area contributed by atoms with Crippen molar-refractivity contribution in [3.63, 3.8) is 0 Å². The second-order valence-corrected chi connectivity index (χ2v) is 4.57. The lowest BCUT2D eigenvalue weighted by atomic mass is 10.1. The molecule has 5 nitrogen and oxygen atoms in total. The smallest absolute Gasteiger partial charge is 0.0531 e. The zero-order valence-corrected chi connectivity index (χ0v) is 10.1. The summed E-state index contributed by atoms with van der Waals surface area (Å²) < 4.78 is 2.00. The molecule has 5 heteroatoms. The summed E-state index contributed by atoms with van der Waals surface area (Å²) in [5, 5.41) is 1.86. The third-order valence-electron chi connectivity index (χ3n) is 3.31. The molecule has 0 amide bonds. The van der Waals surface area contributed by atoms with E-state index in [2.05, 4.69) is 0 Å². The van der Waals surface area contributed by atoms with Gasteiger partial charge in [-0.2, -0.15) is 0 Å². The fourth-order valence-corrected chi connectivity index (χ4v) is 2.55. The highest BCUT2D eigenvalue weighted by Crippen LogP contribution is 2.38. The molecule has 2 aromatic carbocycles. The van der Waals surface area contributed by atoms with Gasteiger partial charge in [0.1, 0.15) is 0 Å². The highest BCUT2D eigenvalue weighted by atomic mass is 14.9. The molecule has 0 fully saturated rings. The highest BCUT2D eigenvalue weighted by Gasteiger charge is 2.14. The number of rotatable bonds is 0. The minimum absolute atomic E-state index is 0.632. The number of hydrogen-bond donors (Lipinski definition) is 4. The Morgan fingerprint density at radius 2 is 1.11 bits per heavy atom. The predicted octanol–water partition coefficient (Wildman–Crippen LogP) is 1.66. The molecule has 0 saturated heterocycles. The van der Waals surface area contributed by atoms with Crippen LogP contribution >= 0.6 is 0 Å². The summed E-state index contributed by atoms with van der Waals surface area (Å²) in [6.45, 7) is 0. The van der Waals surface area contributed by atoms with Crippen molar-refractivity contribution in [1.82, 2.24) is 4.57 Å². The summed E-state index contributed by atoms with van der Waals surface area (Å²) in [6.07, 6.45) is 0. The van der Waals surface area contributed by atoms with Crippen molar-refractivity contribution in [2.24, 2.45) is 7.05 Å². The van der Waals surface area contributed by atoms with Crippen LogP contribution in [-0.2, 0) is 7.05 Å². The fraction of sp³-hybridized carbons (Fsp3) is 0.0769. The minimum atomic E-state index is 0.632. The predicted molar refractivity (Wildman–Crippen MR) is 78.1 cm³/mol. The van der Waals surface area contributed by atoms with Gasteiger partial charge >= 0.3 is 0 Å². The Kier molecular flexibility index (Phi) is 1.90. The number of aryl methyl sites for hydroxylation is 1. The van der Waals surface area contributed by atoms with Crippen molar-refractivity contribution in [2.45, 2.75) is 0 Å². The normalized spacial score (nSPS) is 11.4. The zero-order valence-electron chi connectivity index (χ0n) is 10.1. The van der Waals surface area contributed by atoms with Crippen LogP contribution in [0.15, 0.2) is 24.3 Å². The van der Waals surface area contributed by atoms with Gasteiger partial charge in [-0.3, -0.25) is 0 Å². The van der Waals surface area contributed by atoms with Gasteiger partial charge in [0.25, 0.3) is 0 Å². The van der Waals surface area contributed by atoms with E-state index in [0.29, 0.717) is 22.7 Å². The molecule has 0 saturated carbocycles. The van der Waals surface area contributed by atoms with Crippen LogP contribution in [-0.4, -0.2) is 4.57 Å². The van der Waals surface area contributed by atoms with Gasteiger partial charge in [0, 0.05) is 40.6 Å². The van der Waals surface area contributed by atoms with Gasteiger partial charge in [0.2, 0.25) is 0 Å². The fourth-order valence-electron chi connectivity index (χ4n) is 2.55. The number of nitrogens with zero attached hydrogens (tertiary/aromatic N) is 1. The van der Waals surface area contributed by atoms with Gasteiger partial charge < -0.3 is 27.5 Å². The molecule has 0 bridgehead atoms. The first-order valence-corrected chi connectivity index (χ1v) is 5.61. The van der Waals surface area contributed by atoms with Gasteiger partial charge in [-0.15, -0.1) is 0 Å². The van der Waals surface area contributed by atoms with Crippen LogP contribution in [0.2, 0.25) is 0 Å². The maximum atomic E-state index is 6.06. The number of anilines is 4. The van der Waals surface area contributed by atoms with Crippen molar-refractivity contribution in [3.8, 4) is 0 Å². The number of nitrogen functional groups attached to an aromatic ring is 4. The zero-order chi connectivity index (χ0) is 13.0. The van der Waals surface area contributed by atoms with E-state index in [-0.39, 0.29) is 0 Å². The second-order valence-electron chi connectivity index (χ2n) is 4.57. The third-order valence-corrected chi connectivity index (χ3v) is 3.31. The van der Waals surface area contributed by atoms with Crippen LogP contribution < -0.4 is 22.9 Å². The summed E-state index contributed by atoms with van der Waals surface area (Å²) in [5.41, 5.74) is 28.2. The molecule has 0 aliphatic carbocycles. The van der Waals surface area contributed by atoms with E-state index in [1.807, 2.05) is 23.7 Å². The minimum Gasteiger partial charge on any atom is -0.399 e. The lowest BCUT2D eigenvalue weighted by Crippen LogP contribution is -1.93. The number of hydrogen-bond acceptors (Lipinski definition) is 4. The quantitative estimate of drug-likeness (QED) is 0.449. The molecule has 8 N–H and O–H groups in total. The first-order valence-electron chi connectivity index (χ1n) is 5.61. The molecule has 0 atom stereocenters. The lowest BCUT2D eigenvalue weighted by molar-refractivity contribution is 1.01. The average Bonchev–Trinajstić information content (AvgIpc) is 2.54. The molecule has 1 heterocycles. The third kappa shape index (κ3) is 1.21. The van der Waals surface area contributed by atoms with E-state index in [4.69, 9.17) is 22.9 Å². The molecule has 0 radical (unpaired) electrons. The topological polar surface area (TPSA) is 109 Å². The van der Waals surface area contributed by atoms with Crippen LogP contribution in [0, 0.1) is 0 Å². The Hall–Kier alpha value is -2.56. The van der Waals surface area contributed by atoms with Gasteiger partial charge in [0.15, 0.2) is 0 Å². The SMILES string of the molecule is Cn1c2cc(N)cc(N)c2c2c(N)cc(N)cc21. The van der Waals surface area contributed by atoms with Crippen LogP contribution in [0.4, 0.5) is 22.7 Å². The van der Waals surface area contributed by atoms with E-state index < -0.39 is 0 Å². The molecule has 92 valence electrons. The molecular weight excluding hydrogens is 226 g/mol. The van der Waals surface area contributed by atoms with E-state index in [9.17, 15) is 0 Å². The van der Waals surface area contributed by atoms with Gasteiger partial charge in [0.05, 0.1) is 11.0 Å². The molecule has 0 aliphatic rings. The number of aromatic nitrogens is 1. The Morgan fingerprint density at radius 1 is 0.722 bits per heavy atom. The van der Waals surface area contributed by atoms with Crippen LogP contribution in [0.5, 0.6) is 0 Å². The molecule has 0 spiro atoms. The Balaban J connectivity index is 2.68. The standard InChI is InChI=1S/C13H15N5/c1-18-10-4-6(14)2-8(16)12(10)13-9(17)3-7(15)5-11(13)18/h2-5H,14-17H2,1H3. The molecule has 3 aromatic rings. The molecular formula is C13H15N5. The second kappa shape index (κ2) is 3.22. The Morgan fingerprint density at radius 3 is 1.50 bits per heavy atom. The summed E-state index contributed by atoms with van der Waals surface area (Å²) in [4.78, 5) is 0.